The zero-order valence-corrected chi connectivity index (χ0v) is 29.3. The Balaban J connectivity index is 1.21. The maximum Gasteiger partial charge on any atom is 0.160 e. The van der Waals surface area contributed by atoms with Crippen LogP contribution in [0.2, 0.25) is 0 Å². The van der Waals surface area contributed by atoms with Crippen molar-refractivity contribution in [1.82, 2.24) is 14.5 Å². The zero-order valence-electron chi connectivity index (χ0n) is 29.3. The first-order chi connectivity index (χ1) is 26.1. The Morgan fingerprint density at radius 3 is 2.04 bits per heavy atom. The summed E-state index contributed by atoms with van der Waals surface area (Å²) in [4.78, 5) is 10.3. The molecule has 3 aromatic heterocycles. The standard InChI is InChI=1S/C49H33N3O/c1-49(2)38-23-11-9-19-32(38)34-21-13-25-42(45(34)49)52-41-24-12-10-20-33(41)35-27-28-37-44-36(22-14-26-43(44)53-47(37)46(35)52)40-29-39(30-15-5-3-6-16-30)50-48(51-40)31-17-7-4-8-18-31/h3-29H,1-2H3. The van der Waals surface area contributed by atoms with Crippen LogP contribution in [0.25, 0.3) is 94.5 Å². The number of fused-ring (bicyclic) bond motifs is 10. The fraction of sp³-hybridized carbons (Fsp3) is 0.0612. The van der Waals surface area contributed by atoms with Gasteiger partial charge in [-0.25, -0.2) is 9.97 Å². The Labute approximate surface area is 306 Å². The summed E-state index contributed by atoms with van der Waals surface area (Å²) in [5.74, 6) is 0.691. The number of para-hydroxylation sites is 1. The van der Waals surface area contributed by atoms with Crippen molar-refractivity contribution < 1.29 is 4.42 Å². The Morgan fingerprint density at radius 1 is 0.528 bits per heavy atom. The van der Waals surface area contributed by atoms with Crippen molar-refractivity contribution in [2.45, 2.75) is 19.3 Å². The molecule has 53 heavy (non-hydrogen) atoms. The summed E-state index contributed by atoms with van der Waals surface area (Å²) in [6.45, 7) is 4.71. The number of hydrogen-bond donors (Lipinski definition) is 0. The molecule has 0 amide bonds. The fourth-order valence-corrected chi connectivity index (χ4v) is 8.86. The lowest BCUT2D eigenvalue weighted by Crippen LogP contribution is -2.18. The average Bonchev–Trinajstić information content (AvgIpc) is 3.84. The minimum absolute atomic E-state index is 0.185. The van der Waals surface area contributed by atoms with E-state index in [-0.39, 0.29) is 5.41 Å². The Hall–Kier alpha value is -6.78. The van der Waals surface area contributed by atoms with Crippen LogP contribution in [0.5, 0.6) is 0 Å². The first kappa shape index (κ1) is 29.9. The van der Waals surface area contributed by atoms with E-state index in [1.54, 1.807) is 0 Å². The lowest BCUT2D eigenvalue weighted by atomic mass is 9.81. The first-order valence-corrected chi connectivity index (χ1v) is 18.2. The molecule has 0 saturated carbocycles. The lowest BCUT2D eigenvalue weighted by Gasteiger charge is -2.25. The van der Waals surface area contributed by atoms with Crippen LogP contribution in [0.3, 0.4) is 0 Å². The van der Waals surface area contributed by atoms with Gasteiger partial charge in [0.05, 0.1) is 28.1 Å². The van der Waals surface area contributed by atoms with Crippen LogP contribution >= 0.6 is 0 Å². The fourth-order valence-electron chi connectivity index (χ4n) is 8.86. The Morgan fingerprint density at radius 2 is 1.19 bits per heavy atom. The Kier molecular flexibility index (Phi) is 6.27. The van der Waals surface area contributed by atoms with E-state index < -0.39 is 0 Å². The molecule has 7 aromatic carbocycles. The molecule has 1 aliphatic carbocycles. The van der Waals surface area contributed by atoms with Gasteiger partial charge in [0.2, 0.25) is 0 Å². The molecule has 11 rings (SSSR count). The molecule has 0 N–H and O–H groups in total. The van der Waals surface area contributed by atoms with Gasteiger partial charge in [-0.05, 0) is 52.6 Å². The topological polar surface area (TPSA) is 43.9 Å². The summed E-state index contributed by atoms with van der Waals surface area (Å²) < 4.78 is 9.47. The van der Waals surface area contributed by atoms with Crippen molar-refractivity contribution in [2.75, 3.05) is 0 Å². The van der Waals surface area contributed by atoms with Gasteiger partial charge in [-0.1, -0.05) is 147 Å². The third kappa shape index (κ3) is 4.30. The molecule has 0 aliphatic heterocycles. The van der Waals surface area contributed by atoms with Crippen LogP contribution in [0.15, 0.2) is 168 Å². The van der Waals surface area contributed by atoms with Crippen molar-refractivity contribution in [3.8, 4) is 50.7 Å². The molecule has 4 nitrogen and oxygen atoms in total. The average molecular weight is 680 g/mol. The molecule has 0 radical (unpaired) electrons. The van der Waals surface area contributed by atoms with Crippen LogP contribution in [0.4, 0.5) is 0 Å². The largest absolute Gasteiger partial charge is 0.454 e. The summed E-state index contributed by atoms with van der Waals surface area (Å²) in [6.07, 6.45) is 0. The van der Waals surface area contributed by atoms with Crippen molar-refractivity contribution in [3.63, 3.8) is 0 Å². The molecule has 0 saturated heterocycles. The molecule has 3 heterocycles. The summed E-state index contributed by atoms with van der Waals surface area (Å²) in [6, 6.07) is 57.8. The normalized spacial score (nSPS) is 13.2. The molecule has 250 valence electrons. The number of hydrogen-bond acceptors (Lipinski definition) is 3. The zero-order chi connectivity index (χ0) is 35.3. The second kappa shape index (κ2) is 11.1. The summed E-state index contributed by atoms with van der Waals surface area (Å²) in [5, 5.41) is 4.47. The highest BCUT2D eigenvalue weighted by atomic mass is 16.3. The maximum atomic E-state index is 7.02. The molecule has 10 aromatic rings. The van der Waals surface area contributed by atoms with Gasteiger partial charge in [-0.2, -0.15) is 0 Å². The van der Waals surface area contributed by atoms with E-state index in [1.165, 1.54) is 38.7 Å². The van der Waals surface area contributed by atoms with Gasteiger partial charge in [0.25, 0.3) is 0 Å². The molecule has 1 aliphatic rings. The van der Waals surface area contributed by atoms with E-state index in [2.05, 4.69) is 158 Å². The highest BCUT2D eigenvalue weighted by Gasteiger charge is 2.38. The van der Waals surface area contributed by atoms with Crippen molar-refractivity contribution in [3.05, 3.63) is 175 Å². The summed E-state index contributed by atoms with van der Waals surface area (Å²) in [7, 11) is 0. The van der Waals surface area contributed by atoms with Crippen LogP contribution in [0, 0.1) is 0 Å². The number of rotatable bonds is 4. The van der Waals surface area contributed by atoms with Crippen LogP contribution in [-0.2, 0) is 5.41 Å². The predicted octanol–water partition coefficient (Wildman–Crippen LogP) is 12.8. The number of benzene rings is 7. The van der Waals surface area contributed by atoms with Gasteiger partial charge in [0.1, 0.15) is 5.58 Å². The SMILES string of the molecule is CC1(C)c2ccccc2-c2cccc(-n3c4ccccc4c4ccc5c(oc6cccc(-c7cc(-c8ccccc8)nc(-c8ccccc8)n7)c65)c43)c21. The van der Waals surface area contributed by atoms with E-state index >= 15 is 0 Å². The minimum Gasteiger partial charge on any atom is -0.454 e. The second-order valence-electron chi connectivity index (χ2n) is 14.5. The van der Waals surface area contributed by atoms with Gasteiger partial charge in [0.15, 0.2) is 11.4 Å². The van der Waals surface area contributed by atoms with Crippen molar-refractivity contribution in [1.29, 1.82) is 0 Å². The van der Waals surface area contributed by atoms with Crippen LogP contribution in [0.1, 0.15) is 25.0 Å². The van der Waals surface area contributed by atoms with Gasteiger partial charge >= 0.3 is 0 Å². The minimum atomic E-state index is -0.185. The molecule has 0 bridgehead atoms. The third-order valence-electron chi connectivity index (χ3n) is 11.2. The van der Waals surface area contributed by atoms with Gasteiger partial charge < -0.3 is 8.98 Å². The van der Waals surface area contributed by atoms with Crippen LogP contribution in [-0.4, -0.2) is 14.5 Å². The molecule has 0 spiro atoms. The van der Waals surface area contributed by atoms with Crippen molar-refractivity contribution in [2.24, 2.45) is 0 Å². The highest BCUT2D eigenvalue weighted by Crippen LogP contribution is 2.52. The van der Waals surface area contributed by atoms with E-state index in [0.29, 0.717) is 5.82 Å². The second-order valence-corrected chi connectivity index (χ2v) is 14.5. The molecule has 0 unspecified atom stereocenters. The number of aromatic nitrogens is 3. The number of nitrogens with zero attached hydrogens (tertiary/aromatic N) is 3. The van der Waals surface area contributed by atoms with Gasteiger partial charge in [-0.3, -0.25) is 0 Å². The quantitative estimate of drug-likeness (QED) is 0.186. The summed E-state index contributed by atoms with van der Waals surface area (Å²) in [5.41, 5.74) is 15.0. The van der Waals surface area contributed by atoms with E-state index in [9.17, 15) is 0 Å². The molecule has 0 fully saturated rings. The van der Waals surface area contributed by atoms with Gasteiger partial charge in [0, 0.05) is 43.7 Å². The van der Waals surface area contributed by atoms with E-state index in [0.717, 1.165) is 61.1 Å². The molecule has 4 heteroatoms. The smallest absolute Gasteiger partial charge is 0.160 e. The van der Waals surface area contributed by atoms with E-state index in [4.69, 9.17) is 14.4 Å². The van der Waals surface area contributed by atoms with E-state index in [1.807, 2.05) is 24.3 Å². The predicted molar refractivity (Wildman–Crippen MR) is 218 cm³/mol. The highest BCUT2D eigenvalue weighted by molar-refractivity contribution is 6.23. The van der Waals surface area contributed by atoms with Crippen molar-refractivity contribution >= 4 is 43.7 Å². The summed E-state index contributed by atoms with van der Waals surface area (Å²) >= 11 is 0. The molecular weight excluding hydrogens is 647 g/mol. The third-order valence-corrected chi connectivity index (χ3v) is 11.2. The molecule has 0 atom stereocenters. The maximum absolute atomic E-state index is 7.02. The van der Waals surface area contributed by atoms with Crippen LogP contribution < -0.4 is 0 Å². The molecular formula is C49H33N3O. The van der Waals surface area contributed by atoms with Gasteiger partial charge in [-0.15, -0.1) is 0 Å². The Bertz CT molecular complexity index is 3020. The first-order valence-electron chi connectivity index (χ1n) is 18.2. The lowest BCUT2D eigenvalue weighted by molar-refractivity contribution is 0.655. The monoisotopic (exact) mass is 679 g/mol. The number of furan rings is 1.